The molecule has 11 heteroatoms. The second-order valence-electron chi connectivity index (χ2n) is 7.99. The van der Waals surface area contributed by atoms with Crippen LogP contribution in [0.25, 0.3) is 27.8 Å². The van der Waals surface area contributed by atoms with Crippen LogP contribution in [0.3, 0.4) is 0 Å². The number of carbonyl (C=O) groups excluding carboxylic acids is 1. The van der Waals surface area contributed by atoms with Crippen molar-refractivity contribution in [1.82, 2.24) is 33.7 Å². The maximum Gasteiger partial charge on any atom is 0.274 e. The lowest BCUT2D eigenvalue weighted by atomic mass is 10.1. The van der Waals surface area contributed by atoms with Crippen molar-refractivity contribution in [2.75, 3.05) is 11.1 Å². The number of nitrogens with one attached hydrogen (secondary N) is 1. The lowest BCUT2D eigenvalue weighted by molar-refractivity contribution is 0.102. The summed E-state index contributed by atoms with van der Waals surface area (Å²) in [4.78, 5) is 25.9. The van der Waals surface area contributed by atoms with Crippen molar-refractivity contribution in [2.45, 2.75) is 26.3 Å². The summed E-state index contributed by atoms with van der Waals surface area (Å²) < 4.78 is 7.53. The second-order valence-corrected chi connectivity index (χ2v) is 8.77. The van der Waals surface area contributed by atoms with Crippen molar-refractivity contribution >= 4 is 50.3 Å². The third-order valence-corrected chi connectivity index (χ3v) is 5.43. The van der Waals surface area contributed by atoms with E-state index in [0.29, 0.717) is 33.5 Å². The van der Waals surface area contributed by atoms with Gasteiger partial charge in [-0.2, -0.15) is 9.47 Å². The minimum Gasteiger partial charge on any atom is -0.383 e. The van der Waals surface area contributed by atoms with E-state index in [1.807, 2.05) is 51.1 Å². The first-order valence-corrected chi connectivity index (χ1v) is 10.3. The number of hydrogen-bond acceptors (Lipinski definition) is 8. The van der Waals surface area contributed by atoms with Gasteiger partial charge in [0.25, 0.3) is 5.91 Å². The van der Waals surface area contributed by atoms with Crippen LogP contribution in [0.4, 0.5) is 10.9 Å². The number of benzene rings is 1. The van der Waals surface area contributed by atoms with Crippen molar-refractivity contribution in [1.29, 1.82) is 0 Å². The van der Waals surface area contributed by atoms with Gasteiger partial charge in [0.15, 0.2) is 11.5 Å². The molecule has 156 valence electrons. The van der Waals surface area contributed by atoms with Crippen LogP contribution in [-0.2, 0) is 5.54 Å². The van der Waals surface area contributed by atoms with Crippen LogP contribution >= 0.6 is 11.5 Å². The average molecular weight is 434 g/mol. The minimum absolute atomic E-state index is 0.295. The quantitative estimate of drug-likeness (QED) is 0.447. The summed E-state index contributed by atoms with van der Waals surface area (Å²) >= 11 is 1.10. The van der Waals surface area contributed by atoms with Crippen LogP contribution in [0.15, 0.2) is 43.0 Å². The molecule has 0 radical (unpaired) electrons. The zero-order valence-corrected chi connectivity index (χ0v) is 17.9. The Morgan fingerprint density at radius 3 is 2.68 bits per heavy atom. The number of aromatic nitrogens is 7. The largest absolute Gasteiger partial charge is 0.383 e. The Morgan fingerprint density at radius 2 is 1.94 bits per heavy atom. The molecule has 1 amide bonds. The number of hydrogen-bond donors (Lipinski definition) is 2. The predicted octanol–water partition coefficient (Wildman–Crippen LogP) is 3.21. The minimum atomic E-state index is -0.366. The standard InChI is InChI=1S/C20H19N9OS/c1-20(2,3)29-16-14(15(21)22-9-23-16)17(27-29)28-12-7-5-4-6-11(12)8-13(28)18(30)26-19-24-10-25-31-19/h4-10H,1-3H3,(H2,21,22,23)(H,24,25,26,30). The lowest BCUT2D eigenvalue weighted by Gasteiger charge is -2.19. The fourth-order valence-corrected chi connectivity index (χ4v) is 3.95. The number of amides is 1. The summed E-state index contributed by atoms with van der Waals surface area (Å²) in [6, 6.07) is 9.51. The number of nitrogens with two attached hydrogens (primary N) is 1. The normalized spacial score (nSPS) is 12.0. The Kier molecular flexibility index (Phi) is 4.22. The van der Waals surface area contributed by atoms with E-state index >= 15 is 0 Å². The molecule has 3 N–H and O–H groups in total. The predicted molar refractivity (Wildman–Crippen MR) is 119 cm³/mol. The molecule has 0 saturated heterocycles. The van der Waals surface area contributed by atoms with Crippen molar-refractivity contribution in [3.05, 3.63) is 48.7 Å². The molecule has 5 aromatic rings. The van der Waals surface area contributed by atoms with Crippen LogP contribution in [0.1, 0.15) is 31.3 Å². The van der Waals surface area contributed by atoms with E-state index in [1.165, 1.54) is 12.7 Å². The zero-order valence-electron chi connectivity index (χ0n) is 17.1. The first-order chi connectivity index (χ1) is 14.8. The van der Waals surface area contributed by atoms with Crippen LogP contribution < -0.4 is 11.1 Å². The Labute approximate surface area is 180 Å². The van der Waals surface area contributed by atoms with Gasteiger partial charge in [0.2, 0.25) is 5.13 Å². The van der Waals surface area contributed by atoms with Crippen LogP contribution in [0, 0.1) is 0 Å². The molecule has 0 fully saturated rings. The Morgan fingerprint density at radius 1 is 1.13 bits per heavy atom. The molecule has 0 bridgehead atoms. The highest BCUT2D eigenvalue weighted by Gasteiger charge is 2.27. The van der Waals surface area contributed by atoms with Gasteiger partial charge >= 0.3 is 0 Å². The van der Waals surface area contributed by atoms with E-state index in [9.17, 15) is 4.79 Å². The van der Waals surface area contributed by atoms with Gasteiger partial charge in [-0.05, 0) is 32.9 Å². The van der Waals surface area contributed by atoms with E-state index in [1.54, 1.807) is 9.25 Å². The molecule has 5 rings (SSSR count). The Balaban J connectivity index is 1.81. The molecule has 4 heterocycles. The average Bonchev–Trinajstić information content (AvgIpc) is 3.44. The van der Waals surface area contributed by atoms with Crippen molar-refractivity contribution < 1.29 is 4.79 Å². The maximum atomic E-state index is 13.2. The number of nitrogen functional groups attached to an aromatic ring is 1. The zero-order chi connectivity index (χ0) is 21.8. The molecule has 0 aliphatic carbocycles. The van der Waals surface area contributed by atoms with E-state index in [0.717, 1.165) is 22.4 Å². The van der Waals surface area contributed by atoms with E-state index in [4.69, 9.17) is 10.8 Å². The van der Waals surface area contributed by atoms with Gasteiger partial charge in [-0.25, -0.2) is 19.6 Å². The molecule has 0 saturated carbocycles. The lowest BCUT2D eigenvalue weighted by Crippen LogP contribution is -2.24. The molecule has 0 atom stereocenters. The molecule has 1 aromatic carbocycles. The molecule has 0 spiro atoms. The van der Waals surface area contributed by atoms with Crippen LogP contribution in [0.2, 0.25) is 0 Å². The molecule has 0 unspecified atom stereocenters. The number of anilines is 2. The van der Waals surface area contributed by atoms with Gasteiger partial charge in [0.05, 0.1) is 11.1 Å². The maximum absolute atomic E-state index is 13.2. The van der Waals surface area contributed by atoms with Gasteiger partial charge < -0.3 is 5.73 Å². The van der Waals surface area contributed by atoms with Crippen molar-refractivity contribution in [3.63, 3.8) is 0 Å². The van der Waals surface area contributed by atoms with E-state index < -0.39 is 0 Å². The first kappa shape index (κ1) is 19.1. The molecule has 10 nitrogen and oxygen atoms in total. The van der Waals surface area contributed by atoms with E-state index in [2.05, 4.69) is 24.6 Å². The van der Waals surface area contributed by atoms with Crippen molar-refractivity contribution in [3.8, 4) is 5.82 Å². The highest BCUT2D eigenvalue weighted by Crippen LogP contribution is 2.33. The van der Waals surface area contributed by atoms with E-state index in [-0.39, 0.29) is 11.4 Å². The molecule has 0 aliphatic rings. The third kappa shape index (κ3) is 3.10. The summed E-state index contributed by atoms with van der Waals surface area (Å²) in [5.74, 6) is 0.456. The van der Waals surface area contributed by atoms with Gasteiger partial charge in [-0.3, -0.25) is 14.7 Å². The Bertz CT molecular complexity index is 1430. The summed E-state index contributed by atoms with van der Waals surface area (Å²) in [5.41, 5.74) is 7.70. The monoisotopic (exact) mass is 433 g/mol. The third-order valence-electron chi connectivity index (χ3n) is 4.85. The van der Waals surface area contributed by atoms with Crippen molar-refractivity contribution in [2.24, 2.45) is 0 Å². The van der Waals surface area contributed by atoms with Gasteiger partial charge in [-0.1, -0.05) is 18.2 Å². The molecule has 31 heavy (non-hydrogen) atoms. The summed E-state index contributed by atoms with van der Waals surface area (Å²) in [5, 5.41) is 9.53. The number of rotatable bonds is 3. The van der Waals surface area contributed by atoms with Crippen LogP contribution in [-0.4, -0.2) is 39.6 Å². The number of carbonyl (C=O) groups is 1. The molecular formula is C20H19N9OS. The summed E-state index contributed by atoms with van der Waals surface area (Å²) in [7, 11) is 0. The van der Waals surface area contributed by atoms with Gasteiger partial charge in [0.1, 0.15) is 29.6 Å². The highest BCUT2D eigenvalue weighted by atomic mass is 32.1. The van der Waals surface area contributed by atoms with Crippen LogP contribution in [0.5, 0.6) is 0 Å². The fraction of sp³-hybridized carbons (Fsp3) is 0.200. The number of nitrogens with zero attached hydrogens (tertiary/aromatic N) is 7. The Hall–Kier alpha value is -3.86. The molecule has 4 aromatic heterocycles. The summed E-state index contributed by atoms with van der Waals surface area (Å²) in [6.07, 6.45) is 2.81. The fourth-order valence-electron chi connectivity index (χ4n) is 3.52. The topological polar surface area (TPSA) is 129 Å². The smallest absolute Gasteiger partial charge is 0.274 e. The number of fused-ring (bicyclic) bond motifs is 2. The number of para-hydroxylation sites is 1. The first-order valence-electron chi connectivity index (χ1n) is 9.53. The SMILES string of the molecule is CC(C)(C)n1nc(-n2c(C(=O)Nc3ncns3)cc3ccccc32)c2c(N)ncnc21. The van der Waals surface area contributed by atoms with Gasteiger partial charge in [0, 0.05) is 16.9 Å². The molecule has 0 aliphatic heterocycles. The second kappa shape index (κ2) is 6.84. The molecular weight excluding hydrogens is 414 g/mol. The van der Waals surface area contributed by atoms with Gasteiger partial charge in [-0.15, -0.1) is 0 Å². The highest BCUT2D eigenvalue weighted by molar-refractivity contribution is 7.09. The summed E-state index contributed by atoms with van der Waals surface area (Å²) in [6.45, 7) is 6.08.